The maximum atomic E-state index is 10.4. The fraction of sp³-hybridized carbons (Fsp3) is 0.286. The molecule has 13 heavy (non-hydrogen) atoms. The van der Waals surface area contributed by atoms with Gasteiger partial charge in [-0.15, -0.1) is 0 Å². The van der Waals surface area contributed by atoms with Crippen LogP contribution < -0.4 is 4.90 Å². The maximum absolute atomic E-state index is 10.4. The molecule has 0 aromatic carbocycles. The molecule has 0 bridgehead atoms. The minimum Gasteiger partial charge on any atom is -0.480 e. The molecule has 6 heteroatoms. The number of anilines is 1. The molecule has 0 unspecified atom stereocenters. The van der Waals surface area contributed by atoms with Crippen LogP contribution in [0.2, 0.25) is 5.15 Å². The predicted molar refractivity (Wildman–Crippen MR) is 47.9 cm³/mol. The lowest BCUT2D eigenvalue weighted by Gasteiger charge is -2.15. The van der Waals surface area contributed by atoms with E-state index in [1.807, 2.05) is 0 Å². The van der Waals surface area contributed by atoms with Crippen molar-refractivity contribution in [2.45, 2.75) is 0 Å². The van der Waals surface area contributed by atoms with Gasteiger partial charge < -0.3 is 10.0 Å². The zero-order valence-corrected chi connectivity index (χ0v) is 7.69. The van der Waals surface area contributed by atoms with Crippen molar-refractivity contribution >= 4 is 23.4 Å². The van der Waals surface area contributed by atoms with Crippen molar-refractivity contribution in [2.75, 3.05) is 18.5 Å². The molecule has 1 aromatic rings. The second-order valence-electron chi connectivity index (χ2n) is 2.42. The molecule has 0 aliphatic rings. The Morgan fingerprint density at radius 2 is 2.23 bits per heavy atom. The van der Waals surface area contributed by atoms with Crippen molar-refractivity contribution in [1.29, 1.82) is 0 Å². The summed E-state index contributed by atoms with van der Waals surface area (Å²) >= 11 is 5.69. The molecule has 1 N–H and O–H groups in total. The number of halogens is 1. The largest absolute Gasteiger partial charge is 0.480 e. The van der Waals surface area contributed by atoms with Crippen molar-refractivity contribution in [3.8, 4) is 0 Å². The molecule has 0 fully saturated rings. The van der Waals surface area contributed by atoms with Crippen LogP contribution in [0.3, 0.4) is 0 Å². The monoisotopic (exact) mass is 201 g/mol. The average molecular weight is 202 g/mol. The van der Waals surface area contributed by atoms with Gasteiger partial charge in [0.1, 0.15) is 6.54 Å². The van der Waals surface area contributed by atoms with Gasteiger partial charge in [-0.1, -0.05) is 11.6 Å². The molecule has 70 valence electrons. The SMILES string of the molecule is CN(CC(=O)O)c1nccnc1Cl. The van der Waals surface area contributed by atoms with Gasteiger partial charge in [0, 0.05) is 19.4 Å². The van der Waals surface area contributed by atoms with Crippen LogP contribution in [-0.4, -0.2) is 34.6 Å². The van der Waals surface area contributed by atoms with Gasteiger partial charge in [0.2, 0.25) is 0 Å². The standard InChI is InChI=1S/C7H8ClN3O2/c1-11(4-5(12)13)7-6(8)9-2-3-10-7/h2-3H,4H2,1H3,(H,12,13). The van der Waals surface area contributed by atoms with E-state index in [4.69, 9.17) is 16.7 Å². The first-order valence-electron chi connectivity index (χ1n) is 3.50. The Balaban J connectivity index is 2.82. The molecule has 0 saturated carbocycles. The smallest absolute Gasteiger partial charge is 0.323 e. The Morgan fingerprint density at radius 1 is 1.62 bits per heavy atom. The van der Waals surface area contributed by atoms with Crippen LogP contribution in [0.15, 0.2) is 12.4 Å². The minimum atomic E-state index is -0.941. The summed E-state index contributed by atoms with van der Waals surface area (Å²) in [6, 6.07) is 0. The minimum absolute atomic E-state index is 0.154. The van der Waals surface area contributed by atoms with E-state index in [2.05, 4.69) is 9.97 Å². The Kier molecular flexibility index (Phi) is 3.02. The second kappa shape index (κ2) is 4.04. The highest BCUT2D eigenvalue weighted by atomic mass is 35.5. The highest BCUT2D eigenvalue weighted by Crippen LogP contribution is 2.17. The van der Waals surface area contributed by atoms with Crippen molar-refractivity contribution in [1.82, 2.24) is 9.97 Å². The van der Waals surface area contributed by atoms with E-state index in [9.17, 15) is 4.79 Å². The first kappa shape index (κ1) is 9.73. The molecule has 0 spiro atoms. The van der Waals surface area contributed by atoms with Crippen LogP contribution in [0.25, 0.3) is 0 Å². The molecule has 0 atom stereocenters. The number of carbonyl (C=O) groups is 1. The summed E-state index contributed by atoms with van der Waals surface area (Å²) < 4.78 is 0. The highest BCUT2D eigenvalue weighted by molar-refractivity contribution is 6.31. The molecule has 0 amide bonds. The number of hydrogen-bond donors (Lipinski definition) is 1. The fourth-order valence-electron chi connectivity index (χ4n) is 0.848. The van der Waals surface area contributed by atoms with Gasteiger partial charge in [-0.25, -0.2) is 9.97 Å². The number of carboxylic acid groups (broad SMARTS) is 1. The molecule has 0 aliphatic heterocycles. The third-order valence-electron chi connectivity index (χ3n) is 1.37. The molecule has 1 aromatic heterocycles. The first-order chi connectivity index (χ1) is 6.11. The van der Waals surface area contributed by atoms with Gasteiger partial charge in [0.15, 0.2) is 11.0 Å². The first-order valence-corrected chi connectivity index (χ1v) is 3.88. The number of likely N-dealkylation sites (N-methyl/N-ethyl adjacent to an activating group) is 1. The van der Waals surface area contributed by atoms with E-state index >= 15 is 0 Å². The molecular weight excluding hydrogens is 194 g/mol. The summed E-state index contributed by atoms with van der Waals surface area (Å²) in [6.07, 6.45) is 2.90. The number of nitrogens with zero attached hydrogens (tertiary/aromatic N) is 3. The lowest BCUT2D eigenvalue weighted by molar-refractivity contribution is -0.135. The highest BCUT2D eigenvalue weighted by Gasteiger charge is 2.10. The van der Waals surface area contributed by atoms with Gasteiger partial charge in [0.25, 0.3) is 0 Å². The molecule has 5 nitrogen and oxygen atoms in total. The van der Waals surface area contributed by atoms with Crippen LogP contribution in [0.4, 0.5) is 5.82 Å². The van der Waals surface area contributed by atoms with E-state index in [-0.39, 0.29) is 11.7 Å². The molecule has 0 aliphatic carbocycles. The van der Waals surface area contributed by atoms with Crippen LogP contribution in [0.1, 0.15) is 0 Å². The van der Waals surface area contributed by atoms with Gasteiger partial charge in [-0.3, -0.25) is 4.79 Å². The third-order valence-corrected chi connectivity index (χ3v) is 1.64. The van der Waals surface area contributed by atoms with Crippen LogP contribution in [0, 0.1) is 0 Å². The number of aromatic nitrogens is 2. The maximum Gasteiger partial charge on any atom is 0.323 e. The number of carboxylic acids is 1. The Morgan fingerprint density at radius 3 is 2.77 bits per heavy atom. The van der Waals surface area contributed by atoms with Crippen LogP contribution in [0.5, 0.6) is 0 Å². The zero-order valence-electron chi connectivity index (χ0n) is 6.94. The van der Waals surface area contributed by atoms with Crippen molar-refractivity contribution in [2.24, 2.45) is 0 Å². The van der Waals surface area contributed by atoms with Crippen molar-refractivity contribution in [3.05, 3.63) is 17.5 Å². The predicted octanol–water partition coefficient (Wildman–Crippen LogP) is 0.651. The fourth-order valence-corrected chi connectivity index (χ4v) is 1.10. The average Bonchev–Trinajstić information content (AvgIpc) is 2.03. The number of rotatable bonds is 3. The Bertz CT molecular complexity index is 318. The van der Waals surface area contributed by atoms with Crippen LogP contribution in [-0.2, 0) is 4.79 Å². The van der Waals surface area contributed by atoms with E-state index < -0.39 is 5.97 Å². The second-order valence-corrected chi connectivity index (χ2v) is 2.78. The number of hydrogen-bond acceptors (Lipinski definition) is 4. The molecular formula is C7H8ClN3O2. The lowest BCUT2D eigenvalue weighted by atomic mass is 10.5. The lowest BCUT2D eigenvalue weighted by Crippen LogP contribution is -2.26. The van der Waals surface area contributed by atoms with Gasteiger partial charge in [-0.05, 0) is 0 Å². The normalized spacial score (nSPS) is 9.69. The van der Waals surface area contributed by atoms with Crippen LogP contribution >= 0.6 is 11.6 Å². The molecule has 0 saturated heterocycles. The van der Waals surface area contributed by atoms with Gasteiger partial charge in [0.05, 0.1) is 0 Å². The summed E-state index contributed by atoms with van der Waals surface area (Å²) in [5, 5.41) is 8.70. The molecule has 0 radical (unpaired) electrons. The summed E-state index contributed by atoms with van der Waals surface area (Å²) in [7, 11) is 1.59. The van der Waals surface area contributed by atoms with E-state index in [0.29, 0.717) is 5.82 Å². The van der Waals surface area contributed by atoms with Gasteiger partial charge in [-0.2, -0.15) is 0 Å². The Hall–Kier alpha value is -1.36. The summed E-state index contributed by atoms with van der Waals surface area (Å²) in [5.41, 5.74) is 0. The molecule has 1 heterocycles. The summed E-state index contributed by atoms with van der Waals surface area (Å²) in [4.78, 5) is 19.5. The van der Waals surface area contributed by atoms with E-state index in [1.165, 1.54) is 17.3 Å². The van der Waals surface area contributed by atoms with E-state index in [0.717, 1.165) is 0 Å². The molecule has 1 rings (SSSR count). The van der Waals surface area contributed by atoms with Crippen molar-refractivity contribution in [3.63, 3.8) is 0 Å². The number of aliphatic carboxylic acids is 1. The summed E-state index contributed by atoms with van der Waals surface area (Å²) in [5.74, 6) is -0.573. The van der Waals surface area contributed by atoms with Crippen molar-refractivity contribution < 1.29 is 9.90 Å². The quantitative estimate of drug-likeness (QED) is 0.778. The van der Waals surface area contributed by atoms with E-state index in [1.54, 1.807) is 7.05 Å². The zero-order chi connectivity index (χ0) is 9.84. The third kappa shape index (κ3) is 2.55. The van der Waals surface area contributed by atoms with Gasteiger partial charge >= 0.3 is 5.97 Å². The topological polar surface area (TPSA) is 66.3 Å². The summed E-state index contributed by atoms with van der Waals surface area (Å²) in [6.45, 7) is -0.154. The Labute approximate surface area is 80.0 Å².